The van der Waals surface area contributed by atoms with E-state index in [1.54, 1.807) is 13.8 Å². The van der Waals surface area contributed by atoms with Crippen molar-refractivity contribution in [3.63, 3.8) is 0 Å². The smallest absolute Gasteiger partial charge is 0.282 e. The minimum Gasteiger partial charge on any atom is -0.391 e. The van der Waals surface area contributed by atoms with Gasteiger partial charge in [-0.2, -0.15) is 0 Å². The highest BCUT2D eigenvalue weighted by Crippen LogP contribution is 2.20. The first kappa shape index (κ1) is 15.0. The summed E-state index contributed by atoms with van der Waals surface area (Å²) in [4.78, 5) is 22.0. The van der Waals surface area contributed by atoms with Crippen LogP contribution in [0.5, 0.6) is 0 Å². The van der Waals surface area contributed by atoms with Crippen LogP contribution in [0.15, 0.2) is 18.2 Å². The number of aliphatic hydroxyl groups is 1. The number of amides is 1. The van der Waals surface area contributed by atoms with Crippen LogP contribution >= 0.6 is 0 Å². The van der Waals surface area contributed by atoms with Gasteiger partial charge in [0.05, 0.1) is 16.6 Å². The number of nitro groups is 1. The van der Waals surface area contributed by atoms with Crippen molar-refractivity contribution in [1.29, 1.82) is 0 Å². The summed E-state index contributed by atoms with van der Waals surface area (Å²) in [6.45, 7) is 4.58. The van der Waals surface area contributed by atoms with E-state index in [1.807, 2.05) is 0 Å². The zero-order valence-corrected chi connectivity index (χ0v) is 10.8. The summed E-state index contributed by atoms with van der Waals surface area (Å²) < 4.78 is 13.1. The van der Waals surface area contributed by atoms with Gasteiger partial charge in [0.15, 0.2) is 0 Å². The molecule has 0 aromatic heterocycles. The molecule has 0 aliphatic carbocycles. The Morgan fingerprint density at radius 3 is 2.58 bits per heavy atom. The number of hydrogen-bond acceptors (Lipinski definition) is 4. The van der Waals surface area contributed by atoms with E-state index in [0.717, 1.165) is 18.2 Å². The topological polar surface area (TPSA) is 92.5 Å². The first-order valence-electron chi connectivity index (χ1n) is 5.59. The minimum absolute atomic E-state index is 0.376. The van der Waals surface area contributed by atoms with Crippen LogP contribution in [-0.2, 0) is 0 Å². The second-order valence-corrected chi connectivity index (χ2v) is 4.77. The first-order valence-corrected chi connectivity index (χ1v) is 5.59. The Morgan fingerprint density at radius 1 is 1.53 bits per heavy atom. The van der Waals surface area contributed by atoms with E-state index < -0.39 is 34.0 Å². The van der Waals surface area contributed by atoms with Gasteiger partial charge in [-0.1, -0.05) is 0 Å². The molecule has 1 aromatic carbocycles. The fourth-order valence-electron chi connectivity index (χ4n) is 1.31. The molecule has 2 N–H and O–H groups in total. The van der Waals surface area contributed by atoms with Crippen molar-refractivity contribution < 1.29 is 19.2 Å². The van der Waals surface area contributed by atoms with Crippen molar-refractivity contribution in [2.75, 3.05) is 0 Å². The molecule has 0 fully saturated rings. The van der Waals surface area contributed by atoms with Crippen molar-refractivity contribution in [3.05, 3.63) is 39.7 Å². The molecule has 0 bridgehead atoms. The van der Waals surface area contributed by atoms with Crippen LogP contribution in [0.25, 0.3) is 0 Å². The van der Waals surface area contributed by atoms with Crippen molar-refractivity contribution >= 4 is 11.6 Å². The minimum atomic E-state index is -0.989. The van der Waals surface area contributed by atoms with Gasteiger partial charge in [0.25, 0.3) is 11.6 Å². The molecular formula is C12H15FN2O4. The lowest BCUT2D eigenvalue weighted by Crippen LogP contribution is -2.51. The number of carbonyl (C=O) groups excluding carboxylic acids is 1. The Hall–Kier alpha value is -2.02. The van der Waals surface area contributed by atoms with E-state index in [2.05, 4.69) is 5.32 Å². The number of carbonyl (C=O) groups is 1. The zero-order valence-electron chi connectivity index (χ0n) is 10.8. The Kier molecular flexibility index (Phi) is 4.21. The largest absolute Gasteiger partial charge is 0.391 e. The monoisotopic (exact) mass is 270 g/mol. The number of halogens is 1. The average Bonchev–Trinajstić information content (AvgIpc) is 2.27. The van der Waals surface area contributed by atoms with E-state index in [9.17, 15) is 24.4 Å². The standard InChI is InChI=1S/C12H15FN2O4/c1-7(16)12(2,3)14-11(17)9-6-8(13)4-5-10(9)15(18)19/h4-7,16H,1-3H3,(H,14,17). The van der Waals surface area contributed by atoms with Crippen LogP contribution in [0.1, 0.15) is 31.1 Å². The van der Waals surface area contributed by atoms with Crippen LogP contribution in [-0.4, -0.2) is 27.6 Å². The Morgan fingerprint density at radius 2 is 2.11 bits per heavy atom. The van der Waals surface area contributed by atoms with Gasteiger partial charge in [-0.05, 0) is 32.9 Å². The molecule has 1 atom stereocenters. The molecule has 19 heavy (non-hydrogen) atoms. The lowest BCUT2D eigenvalue weighted by atomic mass is 9.98. The molecule has 0 aliphatic rings. The van der Waals surface area contributed by atoms with Crippen LogP contribution < -0.4 is 5.32 Å². The summed E-state index contributed by atoms with van der Waals surface area (Å²) in [7, 11) is 0. The number of nitrogens with one attached hydrogen (secondary N) is 1. The maximum atomic E-state index is 13.1. The molecule has 0 saturated heterocycles. The van der Waals surface area contributed by atoms with Gasteiger partial charge >= 0.3 is 0 Å². The molecule has 0 aliphatic heterocycles. The predicted molar refractivity (Wildman–Crippen MR) is 66.3 cm³/mol. The van der Waals surface area contributed by atoms with E-state index >= 15 is 0 Å². The number of benzene rings is 1. The molecule has 1 unspecified atom stereocenters. The lowest BCUT2D eigenvalue weighted by Gasteiger charge is -2.29. The van der Waals surface area contributed by atoms with Crippen molar-refractivity contribution in [3.8, 4) is 0 Å². The summed E-state index contributed by atoms with van der Waals surface area (Å²) >= 11 is 0. The van der Waals surface area contributed by atoms with Gasteiger partial charge in [0.1, 0.15) is 11.4 Å². The van der Waals surface area contributed by atoms with Crippen LogP contribution in [0.3, 0.4) is 0 Å². The van der Waals surface area contributed by atoms with Gasteiger partial charge in [-0.15, -0.1) is 0 Å². The Balaban J connectivity index is 3.13. The molecule has 0 saturated carbocycles. The van der Waals surface area contributed by atoms with Crippen LogP contribution in [0.4, 0.5) is 10.1 Å². The highest BCUT2D eigenvalue weighted by atomic mass is 19.1. The third kappa shape index (κ3) is 3.47. The third-order valence-corrected chi connectivity index (χ3v) is 2.88. The quantitative estimate of drug-likeness (QED) is 0.642. The maximum Gasteiger partial charge on any atom is 0.282 e. The van der Waals surface area contributed by atoms with Gasteiger partial charge in [0, 0.05) is 6.07 Å². The average molecular weight is 270 g/mol. The fourth-order valence-corrected chi connectivity index (χ4v) is 1.31. The number of rotatable bonds is 4. The summed E-state index contributed by atoms with van der Waals surface area (Å²) in [5.41, 5.74) is -1.85. The van der Waals surface area contributed by atoms with Crippen molar-refractivity contribution in [2.24, 2.45) is 0 Å². The Bertz CT molecular complexity index is 514. The van der Waals surface area contributed by atoms with E-state index in [0.29, 0.717) is 0 Å². The fraction of sp³-hybridized carbons (Fsp3) is 0.417. The van der Waals surface area contributed by atoms with Crippen molar-refractivity contribution in [1.82, 2.24) is 5.32 Å². The molecule has 1 aromatic rings. The highest BCUT2D eigenvalue weighted by Gasteiger charge is 2.29. The molecular weight excluding hydrogens is 255 g/mol. The number of nitro benzene ring substituents is 1. The van der Waals surface area contributed by atoms with Crippen LogP contribution in [0, 0.1) is 15.9 Å². The molecule has 1 rings (SSSR count). The van der Waals surface area contributed by atoms with Crippen molar-refractivity contribution in [2.45, 2.75) is 32.4 Å². The molecule has 0 radical (unpaired) electrons. The normalized spacial score (nSPS) is 12.9. The lowest BCUT2D eigenvalue weighted by molar-refractivity contribution is -0.385. The maximum absolute atomic E-state index is 13.1. The summed E-state index contributed by atoms with van der Waals surface area (Å²) in [6, 6.07) is 2.64. The predicted octanol–water partition coefficient (Wildman–Crippen LogP) is 1.62. The van der Waals surface area contributed by atoms with E-state index in [-0.39, 0.29) is 5.56 Å². The molecule has 1 amide bonds. The SMILES string of the molecule is CC(O)C(C)(C)NC(=O)c1cc(F)ccc1[N+](=O)[O-]. The molecule has 0 heterocycles. The number of hydrogen-bond donors (Lipinski definition) is 2. The van der Waals surface area contributed by atoms with Gasteiger partial charge < -0.3 is 10.4 Å². The van der Waals surface area contributed by atoms with Gasteiger partial charge in [-0.3, -0.25) is 14.9 Å². The first-order chi connectivity index (χ1) is 8.65. The molecule has 7 heteroatoms. The second-order valence-electron chi connectivity index (χ2n) is 4.77. The Labute approximate surface area is 109 Å². The molecule has 6 nitrogen and oxygen atoms in total. The van der Waals surface area contributed by atoms with E-state index in [4.69, 9.17) is 0 Å². The van der Waals surface area contributed by atoms with E-state index in [1.165, 1.54) is 6.92 Å². The molecule has 104 valence electrons. The summed E-state index contributed by atoms with van der Waals surface area (Å²) in [6.07, 6.45) is -0.871. The van der Waals surface area contributed by atoms with Crippen LogP contribution in [0.2, 0.25) is 0 Å². The van der Waals surface area contributed by atoms with Gasteiger partial charge in [0.2, 0.25) is 0 Å². The molecule has 0 spiro atoms. The third-order valence-electron chi connectivity index (χ3n) is 2.88. The summed E-state index contributed by atoms with van der Waals surface area (Å²) in [5.74, 6) is -1.55. The zero-order chi connectivity index (χ0) is 14.8. The second kappa shape index (κ2) is 5.31. The van der Waals surface area contributed by atoms with Gasteiger partial charge in [-0.25, -0.2) is 4.39 Å². The number of nitrogens with zero attached hydrogens (tertiary/aromatic N) is 1. The highest BCUT2D eigenvalue weighted by molar-refractivity contribution is 5.98. The summed E-state index contributed by atoms with van der Waals surface area (Å²) in [5, 5.41) is 22.7. The number of aliphatic hydroxyl groups excluding tert-OH is 1.